The molecular formula is C19H16N6O. The van der Waals surface area contributed by atoms with Gasteiger partial charge in [0.25, 0.3) is 0 Å². The molecule has 3 heterocycles. The van der Waals surface area contributed by atoms with Crippen molar-refractivity contribution in [3.63, 3.8) is 0 Å². The first-order valence-corrected chi connectivity index (χ1v) is 8.32. The number of benzene rings is 2. The maximum absolute atomic E-state index is 12.5. The first kappa shape index (κ1) is 14.7. The van der Waals surface area contributed by atoms with Gasteiger partial charge in [-0.3, -0.25) is 9.89 Å². The van der Waals surface area contributed by atoms with E-state index in [2.05, 4.69) is 49.5 Å². The number of hydrogen-bond acceptors (Lipinski definition) is 4. The molecule has 4 aromatic rings. The molecule has 7 heteroatoms. The smallest absolute Gasteiger partial charge is 0.247 e. The molecule has 2 aromatic heterocycles. The summed E-state index contributed by atoms with van der Waals surface area (Å²) in [6.07, 6.45) is 7.13. The van der Waals surface area contributed by atoms with E-state index in [0.29, 0.717) is 0 Å². The molecule has 7 nitrogen and oxygen atoms in total. The molecule has 0 saturated heterocycles. The zero-order chi connectivity index (χ0) is 17.5. The maximum Gasteiger partial charge on any atom is 0.247 e. The summed E-state index contributed by atoms with van der Waals surface area (Å²) >= 11 is 0. The molecule has 0 fully saturated rings. The van der Waals surface area contributed by atoms with Gasteiger partial charge in [0.05, 0.1) is 17.4 Å². The fourth-order valence-electron chi connectivity index (χ4n) is 3.34. The van der Waals surface area contributed by atoms with Crippen molar-refractivity contribution in [3.8, 4) is 11.1 Å². The van der Waals surface area contributed by atoms with Crippen LogP contribution in [0.4, 0.5) is 5.69 Å². The summed E-state index contributed by atoms with van der Waals surface area (Å²) in [6, 6.07) is 11.8. The molecule has 2 aromatic carbocycles. The molecule has 1 aliphatic rings. The van der Waals surface area contributed by atoms with Gasteiger partial charge in [-0.1, -0.05) is 12.1 Å². The van der Waals surface area contributed by atoms with Crippen LogP contribution in [0.1, 0.15) is 0 Å². The Morgan fingerprint density at radius 2 is 2.08 bits per heavy atom. The predicted molar refractivity (Wildman–Crippen MR) is 101 cm³/mol. The van der Waals surface area contributed by atoms with Gasteiger partial charge in [-0.2, -0.15) is 5.10 Å². The molecule has 0 aliphatic carbocycles. The average Bonchev–Trinajstić information content (AvgIpc) is 3.40. The number of rotatable bonds is 3. The second-order valence-corrected chi connectivity index (χ2v) is 6.21. The van der Waals surface area contributed by atoms with Gasteiger partial charge in [0, 0.05) is 28.7 Å². The van der Waals surface area contributed by atoms with E-state index in [4.69, 9.17) is 0 Å². The Balaban J connectivity index is 1.62. The summed E-state index contributed by atoms with van der Waals surface area (Å²) in [7, 11) is 0. The fraction of sp³-hybridized carbons (Fsp3) is 0.0526. The van der Waals surface area contributed by atoms with Crippen molar-refractivity contribution in [3.05, 3.63) is 61.1 Å². The Kier molecular flexibility index (Phi) is 3.26. The molecular weight excluding hydrogens is 328 g/mol. The van der Waals surface area contributed by atoms with Crippen LogP contribution in [0, 0.1) is 0 Å². The van der Waals surface area contributed by atoms with E-state index in [1.165, 1.54) is 0 Å². The Morgan fingerprint density at radius 3 is 2.96 bits per heavy atom. The van der Waals surface area contributed by atoms with E-state index in [0.717, 1.165) is 38.6 Å². The van der Waals surface area contributed by atoms with Gasteiger partial charge in [0.1, 0.15) is 6.04 Å². The molecule has 128 valence electrons. The van der Waals surface area contributed by atoms with Crippen LogP contribution in [-0.2, 0) is 4.79 Å². The van der Waals surface area contributed by atoms with Crippen LogP contribution in [0.2, 0.25) is 0 Å². The van der Waals surface area contributed by atoms with E-state index in [1.807, 2.05) is 24.4 Å². The number of fused-ring (bicyclic) bond motifs is 2. The number of H-pyrrole nitrogens is 2. The van der Waals surface area contributed by atoms with Crippen LogP contribution in [0.25, 0.3) is 32.9 Å². The Morgan fingerprint density at radius 1 is 1.12 bits per heavy atom. The molecule has 0 spiro atoms. The maximum atomic E-state index is 12.5. The van der Waals surface area contributed by atoms with Gasteiger partial charge in [0.2, 0.25) is 5.91 Å². The third-order valence-corrected chi connectivity index (χ3v) is 4.62. The fourth-order valence-corrected chi connectivity index (χ4v) is 3.34. The first-order valence-electron chi connectivity index (χ1n) is 8.32. The highest BCUT2D eigenvalue weighted by molar-refractivity contribution is 6.06. The Hall–Kier alpha value is -3.58. The van der Waals surface area contributed by atoms with Crippen molar-refractivity contribution < 1.29 is 4.79 Å². The summed E-state index contributed by atoms with van der Waals surface area (Å²) in [5.41, 5.74) is 10.5. The van der Waals surface area contributed by atoms with Crippen molar-refractivity contribution in [2.75, 3.05) is 5.32 Å². The molecule has 0 bridgehead atoms. The zero-order valence-corrected chi connectivity index (χ0v) is 13.7. The predicted octanol–water partition coefficient (Wildman–Crippen LogP) is 2.64. The molecule has 1 aliphatic heterocycles. The van der Waals surface area contributed by atoms with E-state index in [1.54, 1.807) is 18.5 Å². The molecule has 0 saturated carbocycles. The van der Waals surface area contributed by atoms with Gasteiger partial charge in [-0.25, -0.2) is 5.43 Å². The minimum atomic E-state index is -0.409. The number of carbonyl (C=O) groups excluding carboxylic acids is 1. The van der Waals surface area contributed by atoms with Crippen molar-refractivity contribution in [1.82, 2.24) is 26.0 Å². The standard InChI is InChI=1S/C19H16N6O/c26-19(16-5-7-21-24-16)23-17-8-11(9-18-14(17)10-22-25-18)12-2-1-3-15-13(12)4-6-20-15/h1-10,16,20-21,24H,(H,22,25)(H,23,26). The quantitative estimate of drug-likeness (QED) is 0.395. The van der Waals surface area contributed by atoms with Gasteiger partial charge in [-0.15, -0.1) is 0 Å². The lowest BCUT2D eigenvalue weighted by Crippen LogP contribution is -2.40. The Bertz CT molecular complexity index is 1160. The lowest BCUT2D eigenvalue weighted by Gasteiger charge is -2.13. The molecule has 26 heavy (non-hydrogen) atoms. The van der Waals surface area contributed by atoms with Crippen LogP contribution in [0.15, 0.2) is 61.1 Å². The average molecular weight is 344 g/mol. The summed E-state index contributed by atoms with van der Waals surface area (Å²) in [5, 5.41) is 12.1. The minimum absolute atomic E-state index is 0.134. The van der Waals surface area contributed by atoms with Crippen LogP contribution < -0.4 is 16.2 Å². The van der Waals surface area contributed by atoms with E-state index >= 15 is 0 Å². The largest absolute Gasteiger partial charge is 0.361 e. The molecule has 5 rings (SSSR count). The minimum Gasteiger partial charge on any atom is -0.361 e. The lowest BCUT2D eigenvalue weighted by atomic mass is 9.99. The molecule has 1 amide bonds. The lowest BCUT2D eigenvalue weighted by molar-refractivity contribution is -0.117. The van der Waals surface area contributed by atoms with E-state index in [-0.39, 0.29) is 5.91 Å². The number of carbonyl (C=O) groups is 1. The zero-order valence-electron chi connectivity index (χ0n) is 13.7. The number of amides is 1. The highest BCUT2D eigenvalue weighted by atomic mass is 16.2. The van der Waals surface area contributed by atoms with Gasteiger partial charge in [-0.05, 0) is 41.5 Å². The van der Waals surface area contributed by atoms with Crippen molar-refractivity contribution in [2.45, 2.75) is 6.04 Å². The van der Waals surface area contributed by atoms with Crippen LogP contribution in [-0.4, -0.2) is 27.1 Å². The second kappa shape index (κ2) is 5.75. The van der Waals surface area contributed by atoms with Gasteiger partial charge >= 0.3 is 0 Å². The van der Waals surface area contributed by atoms with Gasteiger partial charge < -0.3 is 15.7 Å². The van der Waals surface area contributed by atoms with Crippen molar-refractivity contribution in [2.24, 2.45) is 0 Å². The number of aromatic amines is 2. The molecule has 1 unspecified atom stereocenters. The topological polar surface area (TPSA) is 97.6 Å². The SMILES string of the molecule is O=C(Nc1cc(-c2cccc3[nH]ccc23)cc2[nH]ncc12)C1C=CNN1. The summed E-state index contributed by atoms with van der Waals surface area (Å²) in [5.74, 6) is -0.134. The third kappa shape index (κ3) is 2.34. The molecule has 0 radical (unpaired) electrons. The second-order valence-electron chi connectivity index (χ2n) is 6.21. The van der Waals surface area contributed by atoms with Crippen molar-refractivity contribution in [1.29, 1.82) is 0 Å². The van der Waals surface area contributed by atoms with E-state index in [9.17, 15) is 4.79 Å². The monoisotopic (exact) mass is 344 g/mol. The third-order valence-electron chi connectivity index (χ3n) is 4.62. The van der Waals surface area contributed by atoms with Crippen LogP contribution in [0.3, 0.4) is 0 Å². The number of nitrogens with one attached hydrogen (secondary N) is 5. The number of anilines is 1. The van der Waals surface area contributed by atoms with Crippen LogP contribution in [0.5, 0.6) is 0 Å². The van der Waals surface area contributed by atoms with Crippen LogP contribution >= 0.6 is 0 Å². The molecule has 1 atom stereocenters. The number of aromatic nitrogens is 3. The normalized spacial score (nSPS) is 16.2. The highest BCUT2D eigenvalue weighted by Gasteiger charge is 2.19. The summed E-state index contributed by atoms with van der Waals surface area (Å²) < 4.78 is 0. The summed E-state index contributed by atoms with van der Waals surface area (Å²) in [6.45, 7) is 0. The number of hydrazine groups is 1. The number of hydrogen-bond donors (Lipinski definition) is 5. The first-order chi connectivity index (χ1) is 12.8. The van der Waals surface area contributed by atoms with E-state index < -0.39 is 6.04 Å². The summed E-state index contributed by atoms with van der Waals surface area (Å²) in [4.78, 5) is 15.7. The molecule has 5 N–H and O–H groups in total. The van der Waals surface area contributed by atoms with Crippen molar-refractivity contribution >= 4 is 33.4 Å². The Labute approximate surface area is 148 Å². The van der Waals surface area contributed by atoms with Gasteiger partial charge in [0.15, 0.2) is 0 Å². The number of nitrogens with zero attached hydrogens (tertiary/aromatic N) is 1. The highest BCUT2D eigenvalue weighted by Crippen LogP contribution is 2.33.